The molecule has 0 aliphatic heterocycles. The molecule has 1 N–H and O–H groups in total. The van der Waals surface area contributed by atoms with Gasteiger partial charge in [-0.25, -0.2) is 0 Å². The van der Waals surface area contributed by atoms with E-state index in [0.717, 1.165) is 5.56 Å². The highest BCUT2D eigenvalue weighted by Gasteiger charge is 2.15. The van der Waals surface area contributed by atoms with E-state index in [1.807, 2.05) is 16.7 Å². The van der Waals surface area contributed by atoms with E-state index in [4.69, 9.17) is 11.6 Å². The van der Waals surface area contributed by atoms with E-state index >= 15 is 0 Å². The van der Waals surface area contributed by atoms with Gasteiger partial charge in [-0.15, -0.1) is 16.8 Å². The Morgan fingerprint density at radius 2 is 2.08 bits per heavy atom. The number of nitrogens with zero attached hydrogens (tertiary/aromatic N) is 4. The normalized spacial score (nSPS) is 10.5. The maximum absolute atomic E-state index is 12.1. The predicted molar refractivity (Wildman–Crippen MR) is 104 cm³/mol. The van der Waals surface area contributed by atoms with Gasteiger partial charge in [0.25, 0.3) is 0 Å². The van der Waals surface area contributed by atoms with Gasteiger partial charge in [0, 0.05) is 23.3 Å². The van der Waals surface area contributed by atoms with Crippen molar-refractivity contribution in [3.05, 3.63) is 66.5 Å². The molecule has 132 valence electrons. The van der Waals surface area contributed by atoms with Gasteiger partial charge in [0.05, 0.1) is 17.6 Å². The summed E-state index contributed by atoms with van der Waals surface area (Å²) in [6.07, 6.45) is 5.02. The number of rotatable bonds is 7. The minimum Gasteiger partial charge on any atom is -0.324 e. The summed E-state index contributed by atoms with van der Waals surface area (Å²) in [6, 6.07) is 10.9. The van der Waals surface area contributed by atoms with E-state index in [1.165, 1.54) is 11.8 Å². The maximum atomic E-state index is 12.1. The third-order valence-electron chi connectivity index (χ3n) is 3.41. The highest BCUT2D eigenvalue weighted by Crippen LogP contribution is 2.25. The Labute approximate surface area is 160 Å². The quantitative estimate of drug-likeness (QED) is 0.493. The monoisotopic (exact) mass is 385 g/mol. The van der Waals surface area contributed by atoms with Crippen molar-refractivity contribution in [2.45, 2.75) is 11.7 Å². The molecule has 0 atom stereocenters. The Morgan fingerprint density at radius 1 is 1.27 bits per heavy atom. The summed E-state index contributed by atoms with van der Waals surface area (Å²) < 4.78 is 1.91. The first-order valence-corrected chi connectivity index (χ1v) is 9.16. The van der Waals surface area contributed by atoms with Gasteiger partial charge < -0.3 is 5.32 Å². The van der Waals surface area contributed by atoms with Crippen LogP contribution in [-0.2, 0) is 11.3 Å². The fourth-order valence-electron chi connectivity index (χ4n) is 2.27. The van der Waals surface area contributed by atoms with E-state index in [2.05, 4.69) is 27.1 Å². The lowest BCUT2D eigenvalue weighted by Crippen LogP contribution is -2.14. The third-order valence-corrected chi connectivity index (χ3v) is 4.63. The zero-order chi connectivity index (χ0) is 18.4. The smallest absolute Gasteiger partial charge is 0.234 e. The standard InChI is InChI=1S/C18H16ClN5OS/c1-2-10-24-17(13-5-7-14(19)8-6-13)22-23-18(24)26-12-16(25)21-15-4-3-9-20-11-15/h2-9,11H,1,10,12H2,(H,21,25). The van der Waals surface area contributed by atoms with Gasteiger partial charge >= 0.3 is 0 Å². The lowest BCUT2D eigenvalue weighted by Gasteiger charge is -2.08. The molecule has 0 aliphatic carbocycles. The fraction of sp³-hybridized carbons (Fsp3) is 0.111. The number of hydrogen-bond acceptors (Lipinski definition) is 5. The zero-order valence-corrected chi connectivity index (χ0v) is 15.4. The topological polar surface area (TPSA) is 72.7 Å². The van der Waals surface area contributed by atoms with Gasteiger partial charge in [-0.05, 0) is 36.4 Å². The van der Waals surface area contributed by atoms with E-state index in [9.17, 15) is 4.79 Å². The number of aromatic nitrogens is 4. The van der Waals surface area contributed by atoms with Gasteiger partial charge in [-0.1, -0.05) is 29.4 Å². The van der Waals surface area contributed by atoms with Crippen LogP contribution >= 0.6 is 23.4 Å². The summed E-state index contributed by atoms with van der Waals surface area (Å²) in [7, 11) is 0. The molecule has 1 amide bonds. The summed E-state index contributed by atoms with van der Waals surface area (Å²) in [5.41, 5.74) is 1.56. The maximum Gasteiger partial charge on any atom is 0.234 e. The summed E-state index contributed by atoms with van der Waals surface area (Å²) >= 11 is 7.26. The van der Waals surface area contributed by atoms with Crippen LogP contribution in [0, 0.1) is 0 Å². The molecule has 26 heavy (non-hydrogen) atoms. The molecule has 0 spiro atoms. The Balaban J connectivity index is 1.72. The number of hydrogen-bond donors (Lipinski definition) is 1. The van der Waals surface area contributed by atoms with Crippen LogP contribution in [0.25, 0.3) is 11.4 Å². The molecule has 8 heteroatoms. The van der Waals surface area contributed by atoms with Crippen molar-refractivity contribution >= 4 is 35.0 Å². The minimum atomic E-state index is -0.135. The molecule has 6 nitrogen and oxygen atoms in total. The van der Waals surface area contributed by atoms with Gasteiger partial charge in [0.1, 0.15) is 0 Å². The molecule has 0 bridgehead atoms. The molecule has 3 rings (SSSR count). The van der Waals surface area contributed by atoms with Crippen LogP contribution in [0.5, 0.6) is 0 Å². The molecule has 0 saturated carbocycles. The lowest BCUT2D eigenvalue weighted by atomic mass is 10.2. The van der Waals surface area contributed by atoms with Crippen LogP contribution < -0.4 is 5.32 Å². The number of thioether (sulfide) groups is 1. The second-order valence-electron chi connectivity index (χ2n) is 5.29. The molecule has 0 aliphatic rings. The highest BCUT2D eigenvalue weighted by atomic mass is 35.5. The van der Waals surface area contributed by atoms with E-state index in [0.29, 0.717) is 28.2 Å². The average molecular weight is 386 g/mol. The second-order valence-corrected chi connectivity index (χ2v) is 6.67. The van der Waals surface area contributed by atoms with Crippen LogP contribution in [0.2, 0.25) is 5.02 Å². The first-order valence-electron chi connectivity index (χ1n) is 7.80. The van der Waals surface area contributed by atoms with Crippen LogP contribution in [0.1, 0.15) is 0 Å². The number of nitrogens with one attached hydrogen (secondary N) is 1. The summed E-state index contributed by atoms with van der Waals surface area (Å²) in [5, 5.41) is 12.6. The Morgan fingerprint density at radius 3 is 2.77 bits per heavy atom. The van der Waals surface area contributed by atoms with E-state index in [1.54, 1.807) is 42.7 Å². The van der Waals surface area contributed by atoms with Crippen molar-refractivity contribution < 1.29 is 4.79 Å². The second kappa shape index (κ2) is 8.64. The number of halogens is 1. The van der Waals surface area contributed by atoms with Gasteiger partial charge in [0.15, 0.2) is 11.0 Å². The average Bonchev–Trinajstić information content (AvgIpc) is 3.05. The molecule has 0 unspecified atom stereocenters. The number of anilines is 1. The van der Waals surface area contributed by atoms with Crippen LogP contribution in [0.3, 0.4) is 0 Å². The van der Waals surface area contributed by atoms with Crippen molar-refractivity contribution in [2.75, 3.05) is 11.1 Å². The van der Waals surface area contributed by atoms with Crippen molar-refractivity contribution in [1.82, 2.24) is 19.7 Å². The van der Waals surface area contributed by atoms with Crippen molar-refractivity contribution in [3.63, 3.8) is 0 Å². The SMILES string of the molecule is C=CCn1c(SCC(=O)Nc2cccnc2)nnc1-c1ccc(Cl)cc1. The van der Waals surface area contributed by atoms with Crippen molar-refractivity contribution in [3.8, 4) is 11.4 Å². The van der Waals surface area contributed by atoms with Gasteiger partial charge in [0.2, 0.25) is 5.91 Å². The summed E-state index contributed by atoms with van der Waals surface area (Å²) in [5.74, 6) is 0.783. The molecule has 0 fully saturated rings. The molecular weight excluding hydrogens is 370 g/mol. The molecule has 0 saturated heterocycles. The van der Waals surface area contributed by atoms with E-state index in [-0.39, 0.29) is 11.7 Å². The number of pyridine rings is 1. The number of benzene rings is 1. The van der Waals surface area contributed by atoms with Crippen LogP contribution in [0.4, 0.5) is 5.69 Å². The number of allylic oxidation sites excluding steroid dienone is 1. The molecule has 0 radical (unpaired) electrons. The largest absolute Gasteiger partial charge is 0.324 e. The Hall–Kier alpha value is -2.64. The third kappa shape index (κ3) is 4.50. The van der Waals surface area contributed by atoms with Gasteiger partial charge in [-0.3, -0.25) is 14.3 Å². The molecule has 2 heterocycles. The molecule has 3 aromatic rings. The van der Waals surface area contributed by atoms with Crippen molar-refractivity contribution in [1.29, 1.82) is 0 Å². The minimum absolute atomic E-state index is 0.135. The molecule has 2 aromatic heterocycles. The lowest BCUT2D eigenvalue weighted by molar-refractivity contribution is -0.113. The Bertz CT molecular complexity index is 896. The van der Waals surface area contributed by atoms with Crippen LogP contribution in [0.15, 0.2) is 66.6 Å². The summed E-state index contributed by atoms with van der Waals surface area (Å²) in [6.45, 7) is 4.32. The van der Waals surface area contributed by atoms with Crippen molar-refractivity contribution in [2.24, 2.45) is 0 Å². The first kappa shape index (κ1) is 18.2. The predicted octanol–water partition coefficient (Wildman–Crippen LogP) is 3.91. The highest BCUT2D eigenvalue weighted by molar-refractivity contribution is 7.99. The van der Waals surface area contributed by atoms with Crippen LogP contribution in [-0.4, -0.2) is 31.4 Å². The number of carbonyl (C=O) groups excluding carboxylic acids is 1. The fourth-order valence-corrected chi connectivity index (χ4v) is 3.14. The van der Waals surface area contributed by atoms with E-state index < -0.39 is 0 Å². The zero-order valence-electron chi connectivity index (χ0n) is 13.8. The number of carbonyl (C=O) groups is 1. The Kier molecular flexibility index (Phi) is 6.04. The van der Waals surface area contributed by atoms with Gasteiger partial charge in [-0.2, -0.15) is 0 Å². The summed E-state index contributed by atoms with van der Waals surface area (Å²) in [4.78, 5) is 16.1. The molecular formula is C18H16ClN5OS. The first-order chi connectivity index (χ1) is 12.7. The number of amides is 1. The molecule has 1 aromatic carbocycles.